The Balaban J connectivity index is 2.10. The number of nitrogens with one attached hydrogen (secondary N) is 1. The van der Waals surface area contributed by atoms with Crippen molar-refractivity contribution in [2.45, 2.75) is 27.2 Å². The monoisotopic (exact) mass is 276 g/mol. The summed E-state index contributed by atoms with van der Waals surface area (Å²) in [5.74, 6) is 0.113. The van der Waals surface area contributed by atoms with Crippen LogP contribution in [0.2, 0.25) is 0 Å². The molecule has 0 aliphatic heterocycles. The molecule has 0 aliphatic rings. The predicted molar refractivity (Wildman–Crippen MR) is 71.9 cm³/mol. The third kappa shape index (κ3) is 3.11. The minimum Gasteiger partial charge on any atom is -0.478 e. The number of hydrogen-bond donors (Lipinski definition) is 2. The average molecular weight is 276 g/mol. The highest BCUT2D eigenvalue weighted by atomic mass is 16.5. The quantitative estimate of drug-likeness (QED) is 0.857. The van der Waals surface area contributed by atoms with Crippen molar-refractivity contribution in [2.75, 3.05) is 11.9 Å². The molecule has 0 aliphatic carbocycles. The molecule has 2 rings (SSSR count). The number of pyridine rings is 1. The number of aromatic carboxylic acids is 1. The van der Waals surface area contributed by atoms with Gasteiger partial charge in [0.25, 0.3) is 0 Å². The number of aryl methyl sites for hydroxylation is 3. The van der Waals surface area contributed by atoms with Gasteiger partial charge in [0.1, 0.15) is 5.56 Å². The van der Waals surface area contributed by atoms with Crippen molar-refractivity contribution in [2.24, 2.45) is 0 Å². The van der Waals surface area contributed by atoms with Crippen LogP contribution in [-0.2, 0) is 6.42 Å². The summed E-state index contributed by atoms with van der Waals surface area (Å²) >= 11 is 0. The molecule has 7 heteroatoms. The second-order valence-corrected chi connectivity index (χ2v) is 4.49. The van der Waals surface area contributed by atoms with Crippen LogP contribution in [0, 0.1) is 20.8 Å². The van der Waals surface area contributed by atoms with Gasteiger partial charge in [-0.2, -0.15) is 4.98 Å². The summed E-state index contributed by atoms with van der Waals surface area (Å²) in [6.45, 7) is 5.76. The number of hydrogen-bond acceptors (Lipinski definition) is 6. The van der Waals surface area contributed by atoms with Crippen LogP contribution in [0.4, 0.5) is 5.69 Å². The minimum atomic E-state index is -0.994. The van der Waals surface area contributed by atoms with Crippen LogP contribution < -0.4 is 5.32 Å². The Hall–Kier alpha value is -2.44. The van der Waals surface area contributed by atoms with Gasteiger partial charge < -0.3 is 14.9 Å². The van der Waals surface area contributed by atoms with Gasteiger partial charge in [-0.25, -0.2) is 4.79 Å². The van der Waals surface area contributed by atoms with E-state index < -0.39 is 5.97 Å². The van der Waals surface area contributed by atoms with Crippen molar-refractivity contribution < 1.29 is 14.4 Å². The molecule has 0 amide bonds. The van der Waals surface area contributed by atoms with Gasteiger partial charge in [0.2, 0.25) is 5.89 Å². The van der Waals surface area contributed by atoms with Gasteiger partial charge in [-0.05, 0) is 26.8 Å². The minimum absolute atomic E-state index is 0.192. The van der Waals surface area contributed by atoms with Gasteiger partial charge in [-0.1, -0.05) is 5.16 Å². The zero-order valence-corrected chi connectivity index (χ0v) is 11.6. The molecule has 2 aromatic rings. The molecule has 0 spiro atoms. The van der Waals surface area contributed by atoms with E-state index in [9.17, 15) is 9.90 Å². The number of carbonyl (C=O) groups is 1. The molecule has 0 unspecified atom stereocenters. The highest BCUT2D eigenvalue weighted by molar-refractivity contribution is 5.95. The Morgan fingerprint density at radius 1 is 1.35 bits per heavy atom. The van der Waals surface area contributed by atoms with Gasteiger partial charge in [0, 0.05) is 18.7 Å². The number of carboxylic acids is 1. The molecule has 106 valence electrons. The van der Waals surface area contributed by atoms with Crippen molar-refractivity contribution in [3.05, 3.63) is 34.7 Å². The lowest BCUT2D eigenvalue weighted by molar-refractivity contribution is 0.0696. The second-order valence-electron chi connectivity index (χ2n) is 4.49. The molecule has 0 bridgehead atoms. The molecule has 0 saturated carbocycles. The van der Waals surface area contributed by atoms with E-state index in [-0.39, 0.29) is 5.56 Å². The van der Waals surface area contributed by atoms with Crippen molar-refractivity contribution in [1.82, 2.24) is 15.1 Å². The predicted octanol–water partition coefficient (Wildman–Crippen LogP) is 1.74. The molecule has 20 heavy (non-hydrogen) atoms. The lowest BCUT2D eigenvalue weighted by Gasteiger charge is -2.11. The summed E-state index contributed by atoms with van der Waals surface area (Å²) in [6, 6.07) is 1.72. The fourth-order valence-electron chi connectivity index (χ4n) is 1.98. The van der Waals surface area contributed by atoms with Crippen LogP contribution in [0.15, 0.2) is 10.6 Å². The third-order valence-electron chi connectivity index (χ3n) is 2.77. The molecule has 0 fully saturated rings. The van der Waals surface area contributed by atoms with Crippen LogP contribution in [0.1, 0.15) is 33.5 Å². The fourth-order valence-corrected chi connectivity index (χ4v) is 1.98. The molecular formula is C13H16N4O3. The Bertz CT molecular complexity index is 637. The molecule has 2 heterocycles. The van der Waals surface area contributed by atoms with Crippen LogP contribution in [0.3, 0.4) is 0 Å². The smallest absolute Gasteiger partial charge is 0.339 e. The molecule has 0 saturated heterocycles. The Labute approximate surface area is 116 Å². The van der Waals surface area contributed by atoms with E-state index >= 15 is 0 Å². The van der Waals surface area contributed by atoms with Crippen molar-refractivity contribution in [3.63, 3.8) is 0 Å². The molecule has 7 nitrogen and oxygen atoms in total. The standard InChI is InChI=1S/C13H16N4O3/c1-7-6-10(12(13(18)19)8(2)15-7)14-5-4-11-16-9(3)17-20-11/h6H,4-5H2,1-3H3,(H,14,15)(H,18,19). The third-order valence-corrected chi connectivity index (χ3v) is 2.77. The Morgan fingerprint density at radius 3 is 2.70 bits per heavy atom. The zero-order chi connectivity index (χ0) is 14.7. The maximum atomic E-state index is 11.3. The number of nitrogens with zero attached hydrogens (tertiary/aromatic N) is 3. The molecular weight excluding hydrogens is 260 g/mol. The van der Waals surface area contributed by atoms with E-state index in [2.05, 4.69) is 20.4 Å². The number of anilines is 1. The first kappa shape index (κ1) is 14.0. The topological polar surface area (TPSA) is 101 Å². The Kier molecular flexibility index (Phi) is 3.97. The van der Waals surface area contributed by atoms with E-state index in [4.69, 9.17) is 4.52 Å². The summed E-state index contributed by atoms with van der Waals surface area (Å²) in [5.41, 5.74) is 2.01. The summed E-state index contributed by atoms with van der Waals surface area (Å²) in [7, 11) is 0. The molecule has 0 aromatic carbocycles. The lowest BCUT2D eigenvalue weighted by atomic mass is 10.1. The van der Waals surface area contributed by atoms with E-state index in [0.717, 1.165) is 5.69 Å². The highest BCUT2D eigenvalue weighted by Gasteiger charge is 2.15. The zero-order valence-electron chi connectivity index (χ0n) is 11.6. The van der Waals surface area contributed by atoms with Crippen molar-refractivity contribution >= 4 is 11.7 Å². The SMILES string of the molecule is Cc1cc(NCCc2nc(C)no2)c(C(=O)O)c(C)n1. The summed E-state index contributed by atoms with van der Waals surface area (Å²) in [6.07, 6.45) is 0.528. The van der Waals surface area contributed by atoms with Gasteiger partial charge in [0.05, 0.1) is 11.4 Å². The summed E-state index contributed by atoms with van der Waals surface area (Å²) in [4.78, 5) is 19.5. The summed E-state index contributed by atoms with van der Waals surface area (Å²) < 4.78 is 5.00. The first-order valence-electron chi connectivity index (χ1n) is 6.22. The van der Waals surface area contributed by atoms with Crippen LogP contribution in [-0.4, -0.2) is 32.7 Å². The van der Waals surface area contributed by atoms with E-state index in [0.29, 0.717) is 36.1 Å². The highest BCUT2D eigenvalue weighted by Crippen LogP contribution is 2.19. The largest absolute Gasteiger partial charge is 0.478 e. The maximum Gasteiger partial charge on any atom is 0.339 e. The van der Waals surface area contributed by atoms with Crippen LogP contribution in [0.5, 0.6) is 0 Å². The summed E-state index contributed by atoms with van der Waals surface area (Å²) in [5, 5.41) is 16.0. The van der Waals surface area contributed by atoms with Gasteiger partial charge >= 0.3 is 5.97 Å². The van der Waals surface area contributed by atoms with Gasteiger partial charge in [-0.3, -0.25) is 4.98 Å². The lowest BCUT2D eigenvalue weighted by Crippen LogP contribution is -2.12. The molecule has 2 aromatic heterocycles. The number of rotatable bonds is 5. The van der Waals surface area contributed by atoms with Crippen LogP contribution in [0.25, 0.3) is 0 Å². The van der Waals surface area contributed by atoms with E-state index in [1.807, 2.05) is 6.92 Å². The first-order valence-corrected chi connectivity index (χ1v) is 6.22. The fraction of sp³-hybridized carbons (Fsp3) is 0.385. The normalized spacial score (nSPS) is 10.6. The Morgan fingerprint density at radius 2 is 2.10 bits per heavy atom. The molecule has 0 atom stereocenters. The second kappa shape index (κ2) is 5.68. The number of carboxylic acid groups (broad SMARTS) is 1. The van der Waals surface area contributed by atoms with Crippen LogP contribution >= 0.6 is 0 Å². The average Bonchev–Trinajstić information content (AvgIpc) is 2.73. The van der Waals surface area contributed by atoms with E-state index in [1.165, 1.54) is 0 Å². The van der Waals surface area contributed by atoms with Crippen molar-refractivity contribution in [1.29, 1.82) is 0 Å². The van der Waals surface area contributed by atoms with Gasteiger partial charge in [0.15, 0.2) is 5.82 Å². The number of aromatic nitrogens is 3. The first-order chi connectivity index (χ1) is 9.47. The van der Waals surface area contributed by atoms with Gasteiger partial charge in [-0.15, -0.1) is 0 Å². The molecule has 0 radical (unpaired) electrons. The molecule has 2 N–H and O–H groups in total. The van der Waals surface area contributed by atoms with Crippen molar-refractivity contribution in [3.8, 4) is 0 Å². The maximum absolute atomic E-state index is 11.3. The van der Waals surface area contributed by atoms with E-state index in [1.54, 1.807) is 19.9 Å².